The first-order valence-electron chi connectivity index (χ1n) is 0.736. The molecule has 0 rings (SSSR count). The van der Waals surface area contributed by atoms with Gasteiger partial charge in [0.15, 0.2) is 0 Å². The van der Waals surface area contributed by atoms with Gasteiger partial charge in [0, 0.05) is 0 Å². The Hall–Kier alpha value is -0.0100. The molecule has 1 unspecified atom stereocenters. The van der Waals surface area contributed by atoms with E-state index in [1.165, 1.54) is 0 Å². The fourth-order valence-electron chi connectivity index (χ4n) is 0. The molecular weight excluding hydrogens is 108 g/mol. The molecule has 0 spiro atoms. The number of hydrogen-bond acceptors (Lipinski definition) is 5. The fraction of sp³-hybridized carbons (Fsp3) is 0. The van der Waals surface area contributed by atoms with Gasteiger partial charge in [0.05, 0.1) is 0 Å². The minimum Gasteiger partial charge on any atom is -0.748 e. The summed E-state index contributed by atoms with van der Waals surface area (Å²) in [6.07, 6.45) is 0. The zero-order chi connectivity index (χ0) is 4.28. The van der Waals surface area contributed by atoms with E-state index in [1.54, 1.807) is 0 Å². The van der Waals surface area contributed by atoms with Crippen molar-refractivity contribution in [2.75, 3.05) is 0 Å². The second kappa shape index (κ2) is 4.99. The van der Waals surface area contributed by atoms with Gasteiger partial charge in [0.2, 0.25) is 0 Å². The van der Waals surface area contributed by atoms with E-state index >= 15 is 0 Å². The maximum atomic E-state index is 9.02. The summed E-state index contributed by atoms with van der Waals surface area (Å²) in [4.78, 5) is 0. The van der Waals surface area contributed by atoms with Gasteiger partial charge in [-0.3, -0.25) is 0 Å². The van der Waals surface area contributed by atoms with E-state index in [0.717, 1.165) is 0 Å². The molecule has 0 saturated heterocycles. The Kier molecular flexibility index (Phi) is 7.79. The minimum atomic E-state index is -2.54. The van der Waals surface area contributed by atoms with E-state index in [2.05, 4.69) is 10.2 Å². The van der Waals surface area contributed by atoms with E-state index in [1.807, 2.05) is 0 Å². The van der Waals surface area contributed by atoms with Crippen molar-refractivity contribution >= 4 is 11.4 Å². The zero-order valence-corrected chi connectivity index (χ0v) is 3.73. The molecule has 0 aliphatic heterocycles. The predicted octanol–water partition coefficient (Wildman–Crippen LogP) is -1.17. The first-order valence-corrected chi connectivity index (χ1v) is 1.74. The van der Waals surface area contributed by atoms with Crippen LogP contribution in [0.5, 0.6) is 0 Å². The summed E-state index contributed by atoms with van der Waals surface area (Å²) < 4.78 is 21.2. The van der Waals surface area contributed by atoms with Crippen LogP contribution in [0.25, 0.3) is 0 Å². The molecule has 0 aromatic carbocycles. The van der Waals surface area contributed by atoms with Gasteiger partial charge in [-0.1, -0.05) is 0 Å². The highest BCUT2D eigenvalue weighted by Gasteiger charge is 1.60. The molecule has 0 amide bonds. The molecule has 5 nitrogen and oxygen atoms in total. The standard InChI is InChI=1S/H3NO3S.H3N/c1-4-5(2)3;/h1H2,(H,2,3);1H3/p-1. The van der Waals surface area contributed by atoms with Gasteiger partial charge in [-0.2, -0.15) is 0 Å². The zero-order valence-electron chi connectivity index (χ0n) is 2.92. The van der Waals surface area contributed by atoms with Crippen LogP contribution in [0.4, 0.5) is 0 Å². The van der Waals surface area contributed by atoms with Crippen molar-refractivity contribution in [3.63, 3.8) is 0 Å². The lowest BCUT2D eigenvalue weighted by Gasteiger charge is -1.93. The van der Waals surface area contributed by atoms with E-state index in [9.17, 15) is 0 Å². The van der Waals surface area contributed by atoms with Gasteiger partial charge in [0.25, 0.3) is 0 Å². The number of hydrogen-bond donors (Lipinski definition) is 2. The maximum Gasteiger partial charge on any atom is 0.105 e. The van der Waals surface area contributed by atoms with Crippen LogP contribution in [0, 0.1) is 0 Å². The summed E-state index contributed by atoms with van der Waals surface area (Å²) in [6, 6.07) is 0. The van der Waals surface area contributed by atoms with Gasteiger partial charge >= 0.3 is 0 Å². The van der Waals surface area contributed by atoms with Crippen LogP contribution in [-0.4, -0.2) is 8.76 Å². The van der Waals surface area contributed by atoms with Crippen molar-refractivity contribution in [3.05, 3.63) is 0 Å². The molecule has 0 aliphatic rings. The minimum absolute atomic E-state index is 0. The van der Waals surface area contributed by atoms with Crippen molar-refractivity contribution in [2.24, 2.45) is 5.90 Å². The van der Waals surface area contributed by atoms with Crippen molar-refractivity contribution in [1.82, 2.24) is 6.15 Å². The monoisotopic (exact) mass is 113 g/mol. The summed E-state index contributed by atoms with van der Waals surface area (Å²) >= 11 is -2.54. The molecule has 0 saturated carbocycles. The molecule has 0 radical (unpaired) electrons. The van der Waals surface area contributed by atoms with Crippen LogP contribution < -0.4 is 12.0 Å². The molecule has 0 aromatic rings. The molecule has 0 heterocycles. The fourth-order valence-corrected chi connectivity index (χ4v) is 0. The quantitative estimate of drug-likeness (QED) is 0.329. The highest BCUT2D eigenvalue weighted by atomic mass is 32.2. The van der Waals surface area contributed by atoms with Crippen LogP contribution in [0.1, 0.15) is 0 Å². The third-order valence-electron chi connectivity index (χ3n) is 0.0786. The molecule has 0 aliphatic carbocycles. The maximum absolute atomic E-state index is 9.02. The van der Waals surface area contributed by atoms with Crippen LogP contribution in [0.15, 0.2) is 0 Å². The van der Waals surface area contributed by atoms with Gasteiger partial charge < -0.3 is 10.7 Å². The van der Waals surface area contributed by atoms with Crippen LogP contribution in [-0.2, 0) is 15.6 Å². The smallest absolute Gasteiger partial charge is 0.105 e. The summed E-state index contributed by atoms with van der Waals surface area (Å²) in [6.45, 7) is 0. The first-order chi connectivity index (χ1) is 2.27. The van der Waals surface area contributed by atoms with Gasteiger partial charge in [-0.25, -0.2) is 14.4 Å². The number of rotatable bonds is 1. The third kappa shape index (κ3) is 9.01. The Morgan fingerprint density at radius 1 is 1.83 bits per heavy atom. The van der Waals surface area contributed by atoms with E-state index in [0.29, 0.717) is 0 Å². The normalized spacial score (nSPS) is 12.3. The third-order valence-corrected chi connectivity index (χ3v) is 0.236. The average Bonchev–Trinajstić information content (AvgIpc) is 1.38. The molecule has 0 aromatic heterocycles. The van der Waals surface area contributed by atoms with Crippen molar-refractivity contribution in [2.45, 2.75) is 0 Å². The van der Waals surface area contributed by atoms with Gasteiger partial charge in [-0.15, -0.1) is 0 Å². The highest BCUT2D eigenvalue weighted by Crippen LogP contribution is 1.58. The Bertz CT molecular complexity index is 44.1. The second-order valence-electron chi connectivity index (χ2n) is 0.300. The lowest BCUT2D eigenvalue weighted by atomic mass is 13.6. The van der Waals surface area contributed by atoms with E-state index in [4.69, 9.17) is 8.76 Å². The van der Waals surface area contributed by atoms with Gasteiger partial charge in [0.1, 0.15) is 11.4 Å². The Morgan fingerprint density at radius 3 is 2.00 bits per heavy atom. The Morgan fingerprint density at radius 2 is 2.00 bits per heavy atom. The molecule has 6 heavy (non-hydrogen) atoms. The lowest BCUT2D eigenvalue weighted by Crippen LogP contribution is -2.00. The highest BCUT2D eigenvalue weighted by molar-refractivity contribution is 7.74. The first kappa shape index (κ1) is 9.37. The summed E-state index contributed by atoms with van der Waals surface area (Å²) in [5.41, 5.74) is 0. The van der Waals surface area contributed by atoms with Crippen LogP contribution >= 0.6 is 0 Å². The molecule has 40 valence electrons. The van der Waals surface area contributed by atoms with Crippen molar-refractivity contribution in [3.8, 4) is 0 Å². The predicted molar refractivity (Wildman–Crippen MR) is 19.2 cm³/mol. The van der Waals surface area contributed by atoms with Crippen molar-refractivity contribution in [1.29, 1.82) is 0 Å². The molecule has 0 fully saturated rings. The summed E-state index contributed by atoms with van der Waals surface area (Å²) in [7, 11) is 0. The Balaban J connectivity index is 0. The molecule has 0 bridgehead atoms. The van der Waals surface area contributed by atoms with Gasteiger partial charge in [-0.05, 0) is 0 Å². The molecular formula is H5N2O3S-. The van der Waals surface area contributed by atoms with Crippen LogP contribution in [0.3, 0.4) is 0 Å². The average molecular weight is 113 g/mol. The van der Waals surface area contributed by atoms with Crippen LogP contribution in [0.2, 0.25) is 0 Å². The lowest BCUT2D eigenvalue weighted by molar-refractivity contribution is 0.312. The topological polar surface area (TPSA) is 110 Å². The molecule has 1 atom stereocenters. The van der Waals surface area contributed by atoms with E-state index in [-0.39, 0.29) is 6.15 Å². The summed E-state index contributed by atoms with van der Waals surface area (Å²) in [5.74, 6) is 4.06. The Labute approximate surface area is 37.5 Å². The van der Waals surface area contributed by atoms with Crippen molar-refractivity contribution < 1.29 is 13.0 Å². The summed E-state index contributed by atoms with van der Waals surface area (Å²) in [5, 5.41) is 0. The second-order valence-corrected chi connectivity index (χ2v) is 0.901. The largest absolute Gasteiger partial charge is 0.748 e. The molecule has 5 N–H and O–H groups in total. The SMILES string of the molecule is N.NOS(=O)[O-]. The molecule has 6 heteroatoms. The number of nitrogens with two attached hydrogens (primary N) is 1. The van der Waals surface area contributed by atoms with E-state index < -0.39 is 11.4 Å².